The van der Waals surface area contributed by atoms with E-state index >= 15 is 0 Å². The summed E-state index contributed by atoms with van der Waals surface area (Å²) in [4.78, 5) is 10.7. The fourth-order valence-electron chi connectivity index (χ4n) is 6.92. The van der Waals surface area contributed by atoms with Crippen LogP contribution in [0.4, 0.5) is 0 Å². The number of para-hydroxylation sites is 2. The molecular weight excluding hydrogens is 538 g/mol. The Morgan fingerprint density at radius 3 is 2.02 bits per heavy atom. The summed E-state index contributed by atoms with van der Waals surface area (Å²) in [6.45, 7) is 0. The van der Waals surface area contributed by atoms with Crippen LogP contribution in [0.25, 0.3) is 93.4 Å². The van der Waals surface area contributed by atoms with E-state index in [1.165, 1.54) is 21.5 Å². The minimum Gasteiger partial charge on any atom is -0.456 e. The maximum atomic E-state index is 6.17. The van der Waals surface area contributed by atoms with Crippen LogP contribution in [0.1, 0.15) is 0 Å². The summed E-state index contributed by atoms with van der Waals surface area (Å²) in [6.07, 6.45) is 0. The first-order chi connectivity index (χ1) is 21.8. The highest BCUT2D eigenvalue weighted by atomic mass is 16.3. The predicted octanol–water partition coefficient (Wildman–Crippen LogP) is 10.6. The molecule has 0 aliphatic heterocycles. The minimum absolute atomic E-state index is 0.655. The lowest BCUT2D eigenvalue weighted by molar-refractivity contribution is 0.669. The Hall–Kier alpha value is -6.00. The number of hydrogen-bond donors (Lipinski definition) is 0. The molecule has 204 valence electrons. The van der Waals surface area contributed by atoms with E-state index in [0.717, 1.165) is 65.9 Å². The van der Waals surface area contributed by atoms with Gasteiger partial charge in [0.05, 0.1) is 22.2 Å². The Bertz CT molecular complexity index is 2790. The van der Waals surface area contributed by atoms with Gasteiger partial charge in [0, 0.05) is 37.9 Å². The van der Waals surface area contributed by atoms with E-state index in [1.807, 2.05) is 12.1 Å². The Labute approximate surface area is 251 Å². The Kier molecular flexibility index (Phi) is 4.69. The number of hydrogen-bond acceptors (Lipinski definition) is 3. The molecule has 0 radical (unpaired) electrons. The molecule has 10 rings (SSSR count). The van der Waals surface area contributed by atoms with Gasteiger partial charge in [0.25, 0.3) is 0 Å². The van der Waals surface area contributed by atoms with Crippen molar-refractivity contribution in [2.75, 3.05) is 0 Å². The molecule has 3 aromatic heterocycles. The first-order valence-electron chi connectivity index (χ1n) is 14.8. The number of nitrogens with zero attached hydrogens (tertiary/aromatic N) is 3. The summed E-state index contributed by atoms with van der Waals surface area (Å²) in [5, 5.41) is 10.2. The van der Waals surface area contributed by atoms with Crippen LogP contribution in [-0.4, -0.2) is 14.5 Å². The first-order valence-corrected chi connectivity index (χ1v) is 14.8. The van der Waals surface area contributed by atoms with Crippen molar-refractivity contribution >= 4 is 76.2 Å². The maximum Gasteiger partial charge on any atom is 0.235 e. The highest BCUT2D eigenvalue weighted by Crippen LogP contribution is 2.38. The van der Waals surface area contributed by atoms with E-state index in [9.17, 15) is 0 Å². The van der Waals surface area contributed by atoms with Crippen molar-refractivity contribution in [2.45, 2.75) is 0 Å². The topological polar surface area (TPSA) is 43.9 Å². The lowest BCUT2D eigenvalue weighted by Gasteiger charge is -2.13. The number of fused-ring (bicyclic) bond motifs is 10. The predicted molar refractivity (Wildman–Crippen MR) is 182 cm³/mol. The molecule has 0 N–H and O–H groups in total. The molecule has 0 saturated carbocycles. The molecule has 0 bridgehead atoms. The molecule has 0 spiro atoms. The molecule has 0 unspecified atom stereocenters. The second-order valence-corrected chi connectivity index (χ2v) is 11.4. The van der Waals surface area contributed by atoms with Gasteiger partial charge >= 0.3 is 0 Å². The molecule has 7 aromatic carbocycles. The van der Waals surface area contributed by atoms with E-state index in [4.69, 9.17) is 14.4 Å². The van der Waals surface area contributed by atoms with Gasteiger partial charge < -0.3 is 4.42 Å². The summed E-state index contributed by atoms with van der Waals surface area (Å²) < 4.78 is 8.40. The SMILES string of the molecule is c1ccc2cc3c(cc2c1)c1ccccc1n3-c1nc(-c2ccc3oc4ccccc4c3c2)c2ccc3ccccc3c2n1. The van der Waals surface area contributed by atoms with Crippen LogP contribution in [0, 0.1) is 0 Å². The van der Waals surface area contributed by atoms with Gasteiger partial charge in [0.2, 0.25) is 5.95 Å². The van der Waals surface area contributed by atoms with Crippen LogP contribution in [0.15, 0.2) is 144 Å². The Morgan fingerprint density at radius 2 is 1.14 bits per heavy atom. The smallest absolute Gasteiger partial charge is 0.235 e. The fraction of sp³-hybridized carbons (Fsp3) is 0. The number of furan rings is 1. The standard InChI is InChI=1S/C40H23N3O/c1-2-11-26-23-35-32(21-25(26)10-1)29-13-5-7-15-34(29)43(35)40-41-38(31-19-17-24-9-3-4-12-28(24)39(31)42-40)27-18-20-37-33(22-27)30-14-6-8-16-36(30)44-37/h1-23H. The van der Waals surface area contributed by atoms with Crippen LogP contribution >= 0.6 is 0 Å². The van der Waals surface area contributed by atoms with E-state index in [-0.39, 0.29) is 0 Å². The third-order valence-corrected chi connectivity index (χ3v) is 8.97. The van der Waals surface area contributed by atoms with Crippen molar-refractivity contribution in [3.8, 4) is 17.2 Å². The number of rotatable bonds is 2. The zero-order valence-corrected chi connectivity index (χ0v) is 23.5. The van der Waals surface area contributed by atoms with Crippen LogP contribution in [0.3, 0.4) is 0 Å². The highest BCUT2D eigenvalue weighted by molar-refractivity contribution is 6.15. The minimum atomic E-state index is 0.655. The third-order valence-electron chi connectivity index (χ3n) is 8.97. The van der Waals surface area contributed by atoms with Gasteiger partial charge in [-0.1, -0.05) is 91.0 Å². The van der Waals surface area contributed by atoms with Crippen LogP contribution in [-0.2, 0) is 0 Å². The van der Waals surface area contributed by atoms with Crippen molar-refractivity contribution in [2.24, 2.45) is 0 Å². The second-order valence-electron chi connectivity index (χ2n) is 11.4. The highest BCUT2D eigenvalue weighted by Gasteiger charge is 2.19. The summed E-state index contributed by atoms with van der Waals surface area (Å²) in [5.41, 5.74) is 6.79. The van der Waals surface area contributed by atoms with Crippen LogP contribution in [0.2, 0.25) is 0 Å². The maximum absolute atomic E-state index is 6.17. The van der Waals surface area contributed by atoms with Crippen molar-refractivity contribution < 1.29 is 4.42 Å². The molecule has 0 atom stereocenters. The summed E-state index contributed by atoms with van der Waals surface area (Å²) in [7, 11) is 0. The van der Waals surface area contributed by atoms with Gasteiger partial charge in [-0.3, -0.25) is 4.57 Å². The van der Waals surface area contributed by atoms with E-state index in [1.54, 1.807) is 0 Å². The molecule has 0 saturated heterocycles. The summed E-state index contributed by atoms with van der Waals surface area (Å²) >= 11 is 0. The average Bonchev–Trinajstić information content (AvgIpc) is 3.61. The van der Waals surface area contributed by atoms with Gasteiger partial charge in [-0.25, -0.2) is 9.97 Å². The van der Waals surface area contributed by atoms with Gasteiger partial charge in [-0.15, -0.1) is 0 Å². The molecule has 0 aliphatic carbocycles. The summed E-state index contributed by atoms with van der Waals surface area (Å²) in [6, 6.07) is 49.0. The molecule has 0 fully saturated rings. The van der Waals surface area contributed by atoms with Gasteiger partial charge in [-0.2, -0.15) is 0 Å². The average molecular weight is 562 g/mol. The fourth-order valence-corrected chi connectivity index (χ4v) is 6.92. The van der Waals surface area contributed by atoms with Crippen molar-refractivity contribution in [3.05, 3.63) is 140 Å². The lowest BCUT2D eigenvalue weighted by Crippen LogP contribution is -2.03. The lowest BCUT2D eigenvalue weighted by atomic mass is 10.0. The molecule has 0 aliphatic rings. The molecular formula is C40H23N3O. The Balaban J connectivity index is 1.35. The Morgan fingerprint density at radius 1 is 0.432 bits per heavy atom. The van der Waals surface area contributed by atoms with Gasteiger partial charge in [-0.05, 0) is 64.7 Å². The zero-order valence-electron chi connectivity index (χ0n) is 23.5. The molecule has 44 heavy (non-hydrogen) atoms. The largest absolute Gasteiger partial charge is 0.456 e. The van der Waals surface area contributed by atoms with E-state index < -0.39 is 0 Å². The molecule has 4 nitrogen and oxygen atoms in total. The van der Waals surface area contributed by atoms with Crippen molar-refractivity contribution in [1.29, 1.82) is 0 Å². The molecule has 4 heteroatoms. The van der Waals surface area contributed by atoms with E-state index in [2.05, 4.69) is 132 Å². The van der Waals surface area contributed by atoms with Gasteiger partial charge in [0.1, 0.15) is 11.2 Å². The molecule has 10 aromatic rings. The quantitative estimate of drug-likeness (QED) is 0.197. The monoisotopic (exact) mass is 561 g/mol. The molecule has 3 heterocycles. The van der Waals surface area contributed by atoms with Gasteiger partial charge in [0.15, 0.2) is 0 Å². The van der Waals surface area contributed by atoms with Crippen LogP contribution in [0.5, 0.6) is 0 Å². The third kappa shape index (κ3) is 3.28. The van der Waals surface area contributed by atoms with Crippen molar-refractivity contribution in [1.82, 2.24) is 14.5 Å². The second kappa shape index (κ2) is 8.76. The molecule has 0 amide bonds. The van der Waals surface area contributed by atoms with Crippen molar-refractivity contribution in [3.63, 3.8) is 0 Å². The number of aromatic nitrogens is 3. The zero-order chi connectivity index (χ0) is 28.8. The first kappa shape index (κ1) is 23.6. The normalized spacial score (nSPS) is 12.1. The summed E-state index contributed by atoms with van der Waals surface area (Å²) in [5.74, 6) is 0.655. The van der Waals surface area contributed by atoms with Crippen LogP contribution < -0.4 is 0 Å². The van der Waals surface area contributed by atoms with E-state index in [0.29, 0.717) is 5.95 Å². The number of benzene rings is 7.